The first-order valence-electron chi connectivity index (χ1n) is 10.3. The lowest BCUT2D eigenvalue weighted by Gasteiger charge is -2.62. The van der Waals surface area contributed by atoms with Gasteiger partial charge < -0.3 is 15.3 Å². The van der Waals surface area contributed by atoms with E-state index in [-0.39, 0.29) is 22.7 Å². The van der Waals surface area contributed by atoms with Crippen LogP contribution < -0.4 is 0 Å². The van der Waals surface area contributed by atoms with Gasteiger partial charge in [-0.1, -0.05) is 20.8 Å². The highest BCUT2D eigenvalue weighted by Gasteiger charge is 2.63. The van der Waals surface area contributed by atoms with Gasteiger partial charge in [0.25, 0.3) is 0 Å². The van der Waals surface area contributed by atoms with E-state index in [1.165, 1.54) is 0 Å². The molecule has 0 heterocycles. The summed E-state index contributed by atoms with van der Waals surface area (Å²) in [5.74, 6) is 2.17. The lowest BCUT2D eigenvalue weighted by Crippen LogP contribution is -2.61. The predicted octanol–water partition coefficient (Wildman–Crippen LogP) is 2.54. The molecule has 4 nitrogen and oxygen atoms in total. The molecule has 3 N–H and O–H groups in total. The Morgan fingerprint density at radius 2 is 1.68 bits per heavy atom. The molecule has 4 rings (SSSR count). The number of ketones is 1. The van der Waals surface area contributed by atoms with Crippen LogP contribution in [-0.4, -0.2) is 39.4 Å². The number of carbonyl (C=O) groups is 1. The van der Waals surface area contributed by atoms with Gasteiger partial charge in [-0.3, -0.25) is 4.79 Å². The summed E-state index contributed by atoms with van der Waals surface area (Å²) in [6.45, 7) is 6.72. The minimum absolute atomic E-state index is 0.0654. The van der Waals surface area contributed by atoms with Gasteiger partial charge in [-0.2, -0.15) is 0 Å². The Kier molecular flexibility index (Phi) is 4.14. The van der Waals surface area contributed by atoms with Crippen LogP contribution in [0.25, 0.3) is 0 Å². The first-order chi connectivity index (χ1) is 11.7. The highest BCUT2D eigenvalue weighted by molar-refractivity contribution is 5.84. The van der Waals surface area contributed by atoms with Crippen molar-refractivity contribution >= 4 is 5.78 Å². The first-order valence-corrected chi connectivity index (χ1v) is 10.3. The van der Waals surface area contributed by atoms with Gasteiger partial charge in [0.2, 0.25) is 0 Å². The number of aliphatic hydroxyl groups is 3. The molecule has 4 aliphatic rings. The molecule has 25 heavy (non-hydrogen) atoms. The van der Waals surface area contributed by atoms with E-state index in [9.17, 15) is 20.1 Å². The van der Waals surface area contributed by atoms with Crippen molar-refractivity contribution < 1.29 is 20.1 Å². The van der Waals surface area contributed by atoms with E-state index in [0.717, 1.165) is 38.5 Å². The molecule has 4 heteroatoms. The molecule has 0 amide bonds. The van der Waals surface area contributed by atoms with Gasteiger partial charge in [-0.05, 0) is 73.0 Å². The Labute approximate surface area is 151 Å². The Morgan fingerprint density at radius 3 is 2.36 bits per heavy atom. The van der Waals surface area contributed by atoms with E-state index in [4.69, 9.17) is 0 Å². The van der Waals surface area contributed by atoms with Crippen molar-refractivity contribution in [1.29, 1.82) is 0 Å². The van der Waals surface area contributed by atoms with E-state index >= 15 is 0 Å². The molecule has 0 aromatic rings. The Morgan fingerprint density at radius 1 is 0.960 bits per heavy atom. The van der Waals surface area contributed by atoms with Gasteiger partial charge in [0.15, 0.2) is 0 Å². The van der Waals surface area contributed by atoms with Crippen LogP contribution in [0.2, 0.25) is 0 Å². The number of aliphatic hydroxyl groups excluding tert-OH is 3. The molecule has 0 unspecified atom stereocenters. The highest BCUT2D eigenvalue weighted by atomic mass is 16.4. The molecule has 4 fully saturated rings. The summed E-state index contributed by atoms with van der Waals surface area (Å²) in [6, 6.07) is 0. The number of rotatable bonds is 1. The fourth-order valence-corrected chi connectivity index (χ4v) is 7.97. The molecule has 0 bridgehead atoms. The normalized spacial score (nSPS) is 58.4. The van der Waals surface area contributed by atoms with Crippen molar-refractivity contribution in [3.63, 3.8) is 0 Å². The molecular formula is C21H34O4. The molecule has 0 aliphatic heterocycles. The summed E-state index contributed by atoms with van der Waals surface area (Å²) in [5.41, 5.74) is 0.0112. The first kappa shape index (κ1) is 17.9. The lowest BCUT2D eigenvalue weighted by atomic mass is 9.44. The van der Waals surface area contributed by atoms with Crippen LogP contribution in [0.5, 0.6) is 0 Å². The number of hydrogen-bond donors (Lipinski definition) is 3. The summed E-state index contributed by atoms with van der Waals surface area (Å²) in [6.07, 6.45) is 3.71. The van der Waals surface area contributed by atoms with Gasteiger partial charge in [0.1, 0.15) is 11.9 Å². The number of Topliss-reactive ketones (excluding diaryl/α,β-unsaturated/α-hetero) is 1. The van der Waals surface area contributed by atoms with E-state index in [0.29, 0.717) is 30.0 Å². The zero-order chi connectivity index (χ0) is 18.1. The largest absolute Gasteiger partial charge is 0.390 e. The SMILES string of the molecule is CC[C@H]1C(=O)C[C@H]2[C@@H]3CC[C@H]4[C@@H](O)[C@@H](O)[C@@H](O)C[C@]4(C)[C@H]3CC[C@]12C. The predicted molar refractivity (Wildman–Crippen MR) is 94.7 cm³/mol. The maximum absolute atomic E-state index is 12.6. The van der Waals surface area contributed by atoms with Gasteiger partial charge >= 0.3 is 0 Å². The van der Waals surface area contributed by atoms with Crippen molar-refractivity contribution in [2.24, 2.45) is 40.4 Å². The number of fused-ring (bicyclic) bond motifs is 5. The van der Waals surface area contributed by atoms with Crippen molar-refractivity contribution in [3.8, 4) is 0 Å². The fourth-order valence-electron chi connectivity index (χ4n) is 7.97. The Bertz CT molecular complexity index is 562. The van der Waals surface area contributed by atoms with E-state index < -0.39 is 18.3 Å². The molecule has 0 radical (unpaired) electrons. The number of hydrogen-bond acceptors (Lipinski definition) is 4. The topological polar surface area (TPSA) is 77.8 Å². The summed E-state index contributed by atoms with van der Waals surface area (Å²) >= 11 is 0. The molecule has 0 aromatic carbocycles. The summed E-state index contributed by atoms with van der Waals surface area (Å²) in [5, 5.41) is 31.1. The third-order valence-corrected chi connectivity index (χ3v) is 9.20. The highest BCUT2D eigenvalue weighted by Crippen LogP contribution is 2.67. The van der Waals surface area contributed by atoms with Crippen molar-refractivity contribution in [2.75, 3.05) is 0 Å². The summed E-state index contributed by atoms with van der Waals surface area (Å²) in [4.78, 5) is 12.6. The van der Waals surface area contributed by atoms with Crippen LogP contribution in [0, 0.1) is 40.4 Å². The van der Waals surface area contributed by atoms with Gasteiger partial charge in [-0.15, -0.1) is 0 Å². The average Bonchev–Trinajstić information content (AvgIpc) is 2.82. The average molecular weight is 350 g/mol. The Hall–Kier alpha value is -0.450. The van der Waals surface area contributed by atoms with Gasteiger partial charge in [0, 0.05) is 12.3 Å². The summed E-state index contributed by atoms with van der Waals surface area (Å²) < 4.78 is 0. The lowest BCUT2D eigenvalue weighted by molar-refractivity contribution is -0.207. The molecule has 4 saturated carbocycles. The summed E-state index contributed by atoms with van der Waals surface area (Å²) in [7, 11) is 0. The van der Waals surface area contributed by atoms with E-state index in [1.54, 1.807) is 0 Å². The zero-order valence-corrected chi connectivity index (χ0v) is 15.8. The van der Waals surface area contributed by atoms with Crippen LogP contribution in [0.15, 0.2) is 0 Å². The van der Waals surface area contributed by atoms with Crippen molar-refractivity contribution in [2.45, 2.75) is 84.0 Å². The minimum Gasteiger partial charge on any atom is -0.390 e. The minimum atomic E-state index is -1.01. The van der Waals surface area contributed by atoms with Gasteiger partial charge in [-0.25, -0.2) is 0 Å². The second-order valence-corrected chi connectivity index (χ2v) is 9.99. The van der Waals surface area contributed by atoms with Gasteiger partial charge in [0.05, 0.1) is 12.2 Å². The Balaban J connectivity index is 1.66. The standard InChI is InChI=1S/C21H34O4/c1-4-12-16(22)9-15-11-5-6-14-18(24)19(25)17(23)10-21(14,3)13(11)7-8-20(12,15)2/h11-15,17-19,23-25H,4-10H2,1-3H3/t11-,12+,13+,14+,15+,17+,18-,19+,20-,21-/m1/s1. The van der Waals surface area contributed by atoms with E-state index in [2.05, 4.69) is 20.8 Å². The number of carbonyl (C=O) groups excluding carboxylic acids is 1. The van der Waals surface area contributed by atoms with Crippen molar-refractivity contribution in [1.82, 2.24) is 0 Å². The fraction of sp³-hybridized carbons (Fsp3) is 0.952. The molecular weight excluding hydrogens is 316 g/mol. The van der Waals surface area contributed by atoms with E-state index in [1.807, 2.05) is 0 Å². The second-order valence-electron chi connectivity index (χ2n) is 9.99. The third kappa shape index (κ3) is 2.26. The molecule has 0 spiro atoms. The second kappa shape index (κ2) is 5.77. The molecule has 0 aromatic heterocycles. The van der Waals surface area contributed by atoms with Crippen LogP contribution in [0.3, 0.4) is 0 Å². The quantitative estimate of drug-likeness (QED) is 0.679. The monoisotopic (exact) mass is 350 g/mol. The molecule has 10 atom stereocenters. The smallest absolute Gasteiger partial charge is 0.136 e. The van der Waals surface area contributed by atoms with Crippen LogP contribution >= 0.6 is 0 Å². The van der Waals surface area contributed by atoms with Crippen LogP contribution in [0.1, 0.15) is 65.7 Å². The van der Waals surface area contributed by atoms with Crippen LogP contribution in [0.4, 0.5) is 0 Å². The maximum Gasteiger partial charge on any atom is 0.136 e. The molecule has 142 valence electrons. The zero-order valence-electron chi connectivity index (χ0n) is 15.8. The molecule has 4 aliphatic carbocycles. The third-order valence-electron chi connectivity index (χ3n) is 9.20. The van der Waals surface area contributed by atoms with Crippen LogP contribution in [-0.2, 0) is 4.79 Å². The molecule has 0 saturated heterocycles. The van der Waals surface area contributed by atoms with Crippen molar-refractivity contribution in [3.05, 3.63) is 0 Å². The maximum atomic E-state index is 12.6.